The van der Waals surface area contributed by atoms with Gasteiger partial charge in [-0.25, -0.2) is 0 Å². The SMILES string of the molecule is CC(CC(=O)O)c1ccc(OCc2ccc3c(c2)-c2ccc(OCC4CCS(=O)CC4)cc2CCC3)cc1. The summed E-state index contributed by atoms with van der Waals surface area (Å²) >= 11 is 0. The van der Waals surface area contributed by atoms with Gasteiger partial charge in [0, 0.05) is 22.3 Å². The summed E-state index contributed by atoms with van der Waals surface area (Å²) in [6.45, 7) is 3.10. The van der Waals surface area contributed by atoms with Crippen molar-refractivity contribution < 1.29 is 23.6 Å². The number of hydrogen-bond donors (Lipinski definition) is 1. The van der Waals surface area contributed by atoms with Gasteiger partial charge in [0.25, 0.3) is 0 Å². The Morgan fingerprint density at radius 3 is 2.42 bits per heavy atom. The van der Waals surface area contributed by atoms with Gasteiger partial charge in [0.05, 0.1) is 13.0 Å². The van der Waals surface area contributed by atoms with E-state index in [4.69, 9.17) is 14.6 Å². The van der Waals surface area contributed by atoms with Crippen LogP contribution in [0.25, 0.3) is 11.1 Å². The lowest BCUT2D eigenvalue weighted by Crippen LogP contribution is -2.23. The molecule has 1 atom stereocenters. The second-order valence-electron chi connectivity index (χ2n) is 10.6. The minimum atomic E-state index is -0.787. The van der Waals surface area contributed by atoms with Crippen LogP contribution in [0.5, 0.6) is 11.5 Å². The molecule has 1 unspecified atom stereocenters. The first kappa shape index (κ1) is 26.5. The number of carbonyl (C=O) groups is 1. The predicted octanol–water partition coefficient (Wildman–Crippen LogP) is 6.54. The zero-order valence-electron chi connectivity index (χ0n) is 22.0. The van der Waals surface area contributed by atoms with E-state index in [2.05, 4.69) is 36.4 Å². The van der Waals surface area contributed by atoms with E-state index < -0.39 is 16.8 Å². The van der Waals surface area contributed by atoms with Crippen LogP contribution in [-0.2, 0) is 35.0 Å². The number of ether oxygens (including phenoxy) is 2. The molecule has 3 aromatic rings. The molecule has 0 spiro atoms. The molecule has 200 valence electrons. The van der Waals surface area contributed by atoms with Gasteiger partial charge in [-0.15, -0.1) is 0 Å². The number of rotatable bonds is 9. The highest BCUT2D eigenvalue weighted by atomic mass is 32.2. The second-order valence-corrected chi connectivity index (χ2v) is 12.3. The van der Waals surface area contributed by atoms with E-state index in [1.54, 1.807) is 0 Å². The number of carboxylic acid groups (broad SMARTS) is 1. The highest BCUT2D eigenvalue weighted by Gasteiger charge is 2.20. The highest BCUT2D eigenvalue weighted by Crippen LogP contribution is 2.36. The Kier molecular flexibility index (Phi) is 8.48. The lowest BCUT2D eigenvalue weighted by atomic mass is 9.95. The molecule has 1 heterocycles. The minimum Gasteiger partial charge on any atom is -0.493 e. The van der Waals surface area contributed by atoms with E-state index in [1.165, 1.54) is 22.3 Å². The average molecular weight is 533 g/mol. The van der Waals surface area contributed by atoms with Crippen molar-refractivity contribution in [2.45, 2.75) is 58.0 Å². The molecular formula is C32H36O5S. The molecule has 2 aliphatic rings. The van der Waals surface area contributed by atoms with Crippen LogP contribution in [0.2, 0.25) is 0 Å². The van der Waals surface area contributed by atoms with E-state index in [-0.39, 0.29) is 12.3 Å². The maximum atomic E-state index is 11.6. The quantitative estimate of drug-likeness (QED) is 0.339. The summed E-state index contributed by atoms with van der Waals surface area (Å²) in [5.41, 5.74) is 7.37. The second kappa shape index (κ2) is 12.2. The van der Waals surface area contributed by atoms with Gasteiger partial charge in [-0.2, -0.15) is 0 Å². The first-order chi connectivity index (χ1) is 18.4. The van der Waals surface area contributed by atoms with Crippen molar-refractivity contribution in [1.29, 1.82) is 0 Å². The molecule has 5 rings (SSSR count). The van der Waals surface area contributed by atoms with Crippen molar-refractivity contribution >= 4 is 16.8 Å². The molecule has 0 radical (unpaired) electrons. The van der Waals surface area contributed by atoms with E-state index in [9.17, 15) is 9.00 Å². The molecule has 0 amide bonds. The molecule has 1 fully saturated rings. The summed E-state index contributed by atoms with van der Waals surface area (Å²) in [4.78, 5) is 11.0. The van der Waals surface area contributed by atoms with Gasteiger partial charge in [0.15, 0.2) is 0 Å². The lowest BCUT2D eigenvalue weighted by Gasteiger charge is -2.22. The van der Waals surface area contributed by atoms with Crippen LogP contribution in [-0.4, -0.2) is 33.4 Å². The van der Waals surface area contributed by atoms with Gasteiger partial charge in [-0.3, -0.25) is 9.00 Å². The Labute approximate surface area is 227 Å². The lowest BCUT2D eigenvalue weighted by molar-refractivity contribution is -0.137. The fraction of sp³-hybridized carbons (Fsp3) is 0.406. The molecular weight excluding hydrogens is 496 g/mol. The Balaban J connectivity index is 1.25. The molecule has 6 heteroatoms. The van der Waals surface area contributed by atoms with Crippen LogP contribution in [0, 0.1) is 5.92 Å². The number of fused-ring (bicyclic) bond motifs is 3. The van der Waals surface area contributed by atoms with Crippen molar-refractivity contribution in [2.75, 3.05) is 18.1 Å². The molecule has 1 saturated heterocycles. The summed E-state index contributed by atoms with van der Waals surface area (Å²) < 4.78 is 23.9. The van der Waals surface area contributed by atoms with E-state index in [0.717, 1.165) is 66.2 Å². The first-order valence-corrected chi connectivity index (χ1v) is 15.1. The van der Waals surface area contributed by atoms with Gasteiger partial charge in [-0.1, -0.05) is 37.3 Å². The Morgan fingerprint density at radius 1 is 0.921 bits per heavy atom. The summed E-state index contributed by atoms with van der Waals surface area (Å²) in [6.07, 6.45) is 5.29. The fourth-order valence-electron chi connectivity index (χ4n) is 5.44. The molecule has 38 heavy (non-hydrogen) atoms. The number of aryl methyl sites for hydroxylation is 2. The molecule has 0 aromatic heterocycles. The van der Waals surface area contributed by atoms with E-state index >= 15 is 0 Å². The molecule has 1 aliphatic heterocycles. The molecule has 1 N–H and O–H groups in total. The van der Waals surface area contributed by atoms with Crippen molar-refractivity contribution in [3.8, 4) is 22.6 Å². The predicted molar refractivity (Wildman–Crippen MR) is 151 cm³/mol. The molecule has 5 nitrogen and oxygen atoms in total. The van der Waals surface area contributed by atoms with Crippen LogP contribution in [0.15, 0.2) is 60.7 Å². The Morgan fingerprint density at radius 2 is 1.66 bits per heavy atom. The van der Waals surface area contributed by atoms with Crippen LogP contribution in [0.4, 0.5) is 0 Å². The number of hydrogen-bond acceptors (Lipinski definition) is 4. The summed E-state index contributed by atoms with van der Waals surface area (Å²) in [5, 5.41) is 9.03. The highest BCUT2D eigenvalue weighted by molar-refractivity contribution is 7.85. The van der Waals surface area contributed by atoms with Gasteiger partial charge < -0.3 is 14.6 Å². The first-order valence-electron chi connectivity index (χ1n) is 13.6. The number of benzene rings is 3. The van der Waals surface area contributed by atoms with E-state index in [0.29, 0.717) is 19.1 Å². The normalized spacial score (nSPS) is 19.5. The molecule has 0 saturated carbocycles. The monoisotopic (exact) mass is 532 g/mol. The number of aliphatic carboxylic acids is 1. The Bertz CT molecular complexity index is 1290. The minimum absolute atomic E-state index is 0.0313. The number of carboxylic acids is 1. The average Bonchev–Trinajstić information content (AvgIpc) is 3.10. The maximum absolute atomic E-state index is 11.6. The van der Waals surface area contributed by atoms with Gasteiger partial charge >= 0.3 is 5.97 Å². The van der Waals surface area contributed by atoms with Crippen LogP contribution >= 0.6 is 0 Å². The molecule has 0 bridgehead atoms. The van der Waals surface area contributed by atoms with Crippen LogP contribution in [0.3, 0.4) is 0 Å². The fourth-order valence-corrected chi connectivity index (χ4v) is 6.84. The standard InChI is InChI=1S/C32H36O5S/c1-22(17-32(33)34)25-7-9-28(10-8-25)36-21-24-5-6-26-3-2-4-27-19-29(11-12-30(27)31(26)18-24)37-20-23-13-15-38(35)16-14-23/h5-12,18-19,22-23H,2-4,13-17,20-21H2,1H3,(H,33,34). The van der Waals surface area contributed by atoms with Gasteiger partial charge in [0.2, 0.25) is 0 Å². The van der Waals surface area contributed by atoms with Crippen molar-refractivity contribution in [3.05, 3.63) is 82.9 Å². The third kappa shape index (κ3) is 6.65. The largest absolute Gasteiger partial charge is 0.493 e. The Hall–Kier alpha value is -3.12. The van der Waals surface area contributed by atoms with Gasteiger partial charge in [-0.05, 0) is 108 Å². The zero-order chi connectivity index (χ0) is 26.5. The van der Waals surface area contributed by atoms with Crippen molar-refractivity contribution in [2.24, 2.45) is 5.92 Å². The summed E-state index contributed by atoms with van der Waals surface area (Å²) in [5.74, 6) is 2.99. The van der Waals surface area contributed by atoms with Crippen LogP contribution < -0.4 is 9.47 Å². The topological polar surface area (TPSA) is 72.8 Å². The van der Waals surface area contributed by atoms with Crippen LogP contribution in [0.1, 0.15) is 60.8 Å². The van der Waals surface area contributed by atoms with E-state index in [1.807, 2.05) is 31.2 Å². The third-order valence-corrected chi connectivity index (χ3v) is 9.14. The summed E-state index contributed by atoms with van der Waals surface area (Å²) in [7, 11) is -0.636. The maximum Gasteiger partial charge on any atom is 0.303 e. The molecule has 1 aliphatic carbocycles. The van der Waals surface area contributed by atoms with Gasteiger partial charge in [0.1, 0.15) is 18.1 Å². The van der Waals surface area contributed by atoms with Crippen molar-refractivity contribution in [1.82, 2.24) is 0 Å². The van der Waals surface area contributed by atoms with Crippen molar-refractivity contribution in [3.63, 3.8) is 0 Å². The third-order valence-electron chi connectivity index (χ3n) is 7.76. The zero-order valence-corrected chi connectivity index (χ0v) is 22.8. The summed E-state index contributed by atoms with van der Waals surface area (Å²) in [6, 6.07) is 20.9. The molecule has 3 aromatic carbocycles. The smallest absolute Gasteiger partial charge is 0.303 e.